The van der Waals surface area contributed by atoms with E-state index in [0.29, 0.717) is 18.5 Å². The number of piperidine rings is 2. The van der Waals surface area contributed by atoms with E-state index >= 15 is 4.39 Å². The molecule has 2 saturated heterocycles. The van der Waals surface area contributed by atoms with Crippen LogP contribution in [0.15, 0.2) is 42.5 Å². The van der Waals surface area contributed by atoms with Crippen LogP contribution in [0, 0.1) is 11.7 Å². The van der Waals surface area contributed by atoms with Gasteiger partial charge in [-0.25, -0.2) is 4.39 Å². The summed E-state index contributed by atoms with van der Waals surface area (Å²) >= 11 is 0. The molecule has 2 amide bonds. The number of carbonyl (C=O) groups excluding carboxylic acids is 2. The lowest BCUT2D eigenvalue weighted by Gasteiger charge is -2.48. The Hall–Kier alpha value is -2.73. The summed E-state index contributed by atoms with van der Waals surface area (Å²) in [6.07, 6.45) is 3.28. The van der Waals surface area contributed by atoms with E-state index in [2.05, 4.69) is 10.6 Å². The van der Waals surface area contributed by atoms with Crippen molar-refractivity contribution in [2.75, 3.05) is 13.1 Å². The minimum atomic E-state index is -0.524. The average molecular weight is 422 g/mol. The van der Waals surface area contributed by atoms with E-state index in [1.54, 1.807) is 6.07 Å². The Morgan fingerprint density at radius 3 is 2.84 bits per heavy atom. The molecule has 3 aliphatic rings. The third-order valence-electron chi connectivity index (χ3n) is 7.15. The van der Waals surface area contributed by atoms with Crippen LogP contribution in [0.4, 0.5) is 4.39 Å². The number of benzene rings is 2. The van der Waals surface area contributed by atoms with Gasteiger partial charge in [0.05, 0.1) is 23.6 Å². The van der Waals surface area contributed by atoms with Crippen LogP contribution in [0.25, 0.3) is 0 Å². The van der Waals surface area contributed by atoms with Crippen molar-refractivity contribution < 1.29 is 14.0 Å². The summed E-state index contributed by atoms with van der Waals surface area (Å²) in [5.41, 5.74) is 2.73. The van der Waals surface area contributed by atoms with Gasteiger partial charge in [-0.15, -0.1) is 0 Å². The standard InChI is InChI=1S/C25H28FN3O2/c1-15(16-6-3-2-4-7-16)28-24(30)23-19(26)10-9-17-11-13-29-21(22(17)23)14-20-18(25(29)31)8-5-12-27-20/h2-4,6-7,9-10,15,18,20-21,27H,5,8,11-14H2,1H3,(H,28,30)/t15-,18-,20-,21-/m1/s1. The molecule has 3 aliphatic heterocycles. The number of fused-ring (bicyclic) bond motifs is 4. The van der Waals surface area contributed by atoms with E-state index in [1.165, 1.54) is 6.07 Å². The van der Waals surface area contributed by atoms with Crippen LogP contribution in [-0.4, -0.2) is 35.8 Å². The molecule has 0 aliphatic carbocycles. The maximum Gasteiger partial charge on any atom is 0.255 e. The molecule has 5 rings (SSSR count). The van der Waals surface area contributed by atoms with Crippen molar-refractivity contribution in [1.82, 2.24) is 15.5 Å². The zero-order valence-corrected chi connectivity index (χ0v) is 17.7. The van der Waals surface area contributed by atoms with Gasteiger partial charge in [0, 0.05) is 12.6 Å². The predicted molar refractivity (Wildman–Crippen MR) is 116 cm³/mol. The van der Waals surface area contributed by atoms with E-state index in [-0.39, 0.29) is 35.5 Å². The highest BCUT2D eigenvalue weighted by molar-refractivity contribution is 5.97. The molecule has 2 N–H and O–H groups in total. The first-order valence-corrected chi connectivity index (χ1v) is 11.3. The third kappa shape index (κ3) is 3.53. The van der Waals surface area contributed by atoms with Crippen molar-refractivity contribution >= 4 is 11.8 Å². The molecule has 2 aromatic rings. The van der Waals surface area contributed by atoms with Crippen LogP contribution >= 0.6 is 0 Å². The molecule has 4 atom stereocenters. The van der Waals surface area contributed by atoms with Gasteiger partial charge in [0.25, 0.3) is 5.91 Å². The molecule has 0 aromatic heterocycles. The summed E-state index contributed by atoms with van der Waals surface area (Å²) in [5.74, 6) is -0.800. The van der Waals surface area contributed by atoms with Gasteiger partial charge in [-0.1, -0.05) is 36.4 Å². The predicted octanol–water partition coefficient (Wildman–Crippen LogP) is 3.51. The highest BCUT2D eigenvalue weighted by atomic mass is 19.1. The Balaban J connectivity index is 1.49. The summed E-state index contributed by atoms with van der Waals surface area (Å²) in [6.45, 7) is 3.43. The molecule has 0 saturated carbocycles. The fourth-order valence-corrected chi connectivity index (χ4v) is 5.57. The highest BCUT2D eigenvalue weighted by Crippen LogP contribution is 2.43. The van der Waals surface area contributed by atoms with Crippen LogP contribution in [0.1, 0.15) is 65.3 Å². The average Bonchev–Trinajstić information content (AvgIpc) is 2.79. The van der Waals surface area contributed by atoms with Crippen LogP contribution in [0.5, 0.6) is 0 Å². The molecule has 0 unspecified atom stereocenters. The topological polar surface area (TPSA) is 61.4 Å². The minimum absolute atomic E-state index is 0.00418. The number of carbonyl (C=O) groups is 2. The Labute approximate surface area is 182 Å². The maximum atomic E-state index is 15.1. The Kier molecular flexibility index (Phi) is 5.26. The van der Waals surface area contributed by atoms with E-state index < -0.39 is 11.7 Å². The smallest absolute Gasteiger partial charge is 0.255 e. The van der Waals surface area contributed by atoms with Gasteiger partial charge in [0.2, 0.25) is 5.91 Å². The zero-order valence-electron chi connectivity index (χ0n) is 17.7. The largest absolute Gasteiger partial charge is 0.345 e. The molecule has 0 spiro atoms. The van der Waals surface area contributed by atoms with Crippen LogP contribution in [-0.2, 0) is 11.2 Å². The summed E-state index contributed by atoms with van der Waals surface area (Å²) in [5, 5.41) is 6.46. The van der Waals surface area contributed by atoms with Crippen LogP contribution < -0.4 is 10.6 Å². The Morgan fingerprint density at radius 2 is 2.03 bits per heavy atom. The molecule has 0 radical (unpaired) electrons. The van der Waals surface area contributed by atoms with E-state index in [4.69, 9.17) is 0 Å². The number of hydrogen-bond acceptors (Lipinski definition) is 3. The van der Waals surface area contributed by atoms with Gasteiger partial charge in [0.1, 0.15) is 5.82 Å². The zero-order chi connectivity index (χ0) is 21.5. The molecule has 162 valence electrons. The van der Waals surface area contributed by atoms with Crippen LogP contribution in [0.2, 0.25) is 0 Å². The first kappa shape index (κ1) is 20.2. The Morgan fingerprint density at radius 1 is 1.23 bits per heavy atom. The molecule has 6 heteroatoms. The Bertz CT molecular complexity index is 1010. The lowest BCUT2D eigenvalue weighted by atomic mass is 9.75. The minimum Gasteiger partial charge on any atom is -0.345 e. The number of hydrogen-bond donors (Lipinski definition) is 2. The van der Waals surface area contributed by atoms with Gasteiger partial charge in [-0.05, 0) is 61.9 Å². The second-order valence-corrected chi connectivity index (χ2v) is 8.94. The number of nitrogens with one attached hydrogen (secondary N) is 2. The van der Waals surface area contributed by atoms with E-state index in [1.807, 2.05) is 42.2 Å². The normalized spacial score (nSPS) is 25.8. The summed E-state index contributed by atoms with van der Waals surface area (Å²) in [4.78, 5) is 28.4. The van der Waals surface area contributed by atoms with Crippen molar-refractivity contribution in [3.8, 4) is 0 Å². The van der Waals surface area contributed by atoms with Gasteiger partial charge >= 0.3 is 0 Å². The molecule has 5 nitrogen and oxygen atoms in total. The molecule has 2 fully saturated rings. The van der Waals surface area contributed by atoms with Gasteiger partial charge in [-0.3, -0.25) is 9.59 Å². The SMILES string of the molecule is C[C@@H](NC(=O)c1c(F)ccc2c1[C@H]1C[C@H]3NCCC[C@H]3C(=O)N1CC2)c1ccccc1. The first-order valence-electron chi connectivity index (χ1n) is 11.3. The second kappa shape index (κ2) is 8.08. The van der Waals surface area contributed by atoms with Crippen molar-refractivity contribution in [1.29, 1.82) is 0 Å². The summed E-state index contributed by atoms with van der Waals surface area (Å²) < 4.78 is 15.1. The van der Waals surface area contributed by atoms with Crippen molar-refractivity contribution in [2.45, 2.75) is 50.7 Å². The lowest BCUT2D eigenvalue weighted by molar-refractivity contribution is -0.145. The number of rotatable bonds is 3. The van der Waals surface area contributed by atoms with Crippen molar-refractivity contribution in [3.63, 3.8) is 0 Å². The summed E-state index contributed by atoms with van der Waals surface area (Å²) in [7, 11) is 0. The third-order valence-corrected chi connectivity index (χ3v) is 7.15. The molecule has 2 aromatic carbocycles. The maximum absolute atomic E-state index is 15.1. The van der Waals surface area contributed by atoms with Gasteiger partial charge < -0.3 is 15.5 Å². The molecule has 31 heavy (non-hydrogen) atoms. The van der Waals surface area contributed by atoms with Crippen molar-refractivity contribution in [3.05, 3.63) is 70.5 Å². The number of amides is 2. The summed E-state index contributed by atoms with van der Waals surface area (Å²) in [6, 6.07) is 12.4. The number of nitrogens with zero attached hydrogens (tertiary/aromatic N) is 1. The quantitative estimate of drug-likeness (QED) is 0.797. The molecule has 3 heterocycles. The number of halogens is 1. The molecular weight excluding hydrogens is 393 g/mol. The van der Waals surface area contributed by atoms with E-state index in [0.717, 1.165) is 36.9 Å². The molecular formula is C25H28FN3O2. The monoisotopic (exact) mass is 421 g/mol. The fourth-order valence-electron chi connectivity index (χ4n) is 5.57. The van der Waals surface area contributed by atoms with E-state index in [9.17, 15) is 9.59 Å². The van der Waals surface area contributed by atoms with Crippen LogP contribution in [0.3, 0.4) is 0 Å². The second-order valence-electron chi connectivity index (χ2n) is 8.94. The highest BCUT2D eigenvalue weighted by Gasteiger charge is 2.46. The lowest BCUT2D eigenvalue weighted by Crippen LogP contribution is -2.58. The molecule has 0 bridgehead atoms. The van der Waals surface area contributed by atoms with Gasteiger partial charge in [-0.2, -0.15) is 0 Å². The fraction of sp³-hybridized carbons (Fsp3) is 0.440. The van der Waals surface area contributed by atoms with Crippen molar-refractivity contribution in [2.24, 2.45) is 5.92 Å². The van der Waals surface area contributed by atoms with Gasteiger partial charge in [0.15, 0.2) is 0 Å². The first-order chi connectivity index (χ1) is 15.0.